The van der Waals surface area contributed by atoms with Gasteiger partial charge in [0.15, 0.2) is 6.61 Å². The number of ether oxygens (including phenoxy) is 2. The number of hydrogen-bond acceptors (Lipinski definition) is 3. The van der Waals surface area contributed by atoms with E-state index < -0.39 is 0 Å². The molecule has 0 fully saturated rings. The predicted octanol–water partition coefficient (Wildman–Crippen LogP) is 4.68. The van der Waals surface area contributed by atoms with E-state index in [4.69, 9.17) is 14.7 Å². The fourth-order valence-electron chi connectivity index (χ4n) is 3.92. The summed E-state index contributed by atoms with van der Waals surface area (Å²) in [6.07, 6.45) is 0. The Morgan fingerprint density at radius 1 is 1.04 bits per heavy atom. The first-order valence-corrected chi connectivity index (χ1v) is 8.61. The summed E-state index contributed by atoms with van der Waals surface area (Å²) in [4.78, 5) is 0. The highest BCUT2D eigenvalue weighted by Gasteiger charge is 2.28. The highest BCUT2D eigenvalue weighted by atomic mass is 16.5. The maximum absolute atomic E-state index is 8.91. The van der Waals surface area contributed by atoms with Crippen LogP contribution in [-0.2, 0) is 0 Å². The number of fused-ring (bicyclic) bond motifs is 3. The molecule has 0 bridgehead atoms. The van der Waals surface area contributed by atoms with Gasteiger partial charge in [-0.15, -0.1) is 0 Å². The maximum Gasteiger partial charge on any atom is 0.174 e. The number of hydrogen-bond donors (Lipinski definition) is 0. The molecular weight excluding hydrogens is 324 g/mol. The van der Waals surface area contributed by atoms with Crippen molar-refractivity contribution in [3.63, 3.8) is 0 Å². The van der Waals surface area contributed by atoms with Gasteiger partial charge in [0.1, 0.15) is 24.2 Å². The van der Waals surface area contributed by atoms with Crippen LogP contribution in [-0.4, -0.2) is 17.8 Å². The zero-order chi connectivity index (χ0) is 17.5. The van der Waals surface area contributed by atoms with Gasteiger partial charge in [-0.25, -0.2) is 0 Å². The van der Waals surface area contributed by atoms with Gasteiger partial charge in [-0.2, -0.15) is 5.26 Å². The molecule has 3 aromatic carbocycles. The summed E-state index contributed by atoms with van der Waals surface area (Å²) in [5.41, 5.74) is 3.39. The zero-order valence-corrected chi connectivity index (χ0v) is 14.1. The molecule has 0 aliphatic carbocycles. The van der Waals surface area contributed by atoms with E-state index in [0.29, 0.717) is 6.61 Å². The van der Waals surface area contributed by atoms with E-state index in [1.807, 2.05) is 30.3 Å². The zero-order valence-electron chi connectivity index (χ0n) is 14.1. The van der Waals surface area contributed by atoms with Crippen LogP contribution in [0.1, 0.15) is 11.6 Å². The molecule has 0 spiro atoms. The fourth-order valence-corrected chi connectivity index (χ4v) is 3.92. The van der Waals surface area contributed by atoms with Gasteiger partial charge in [-0.3, -0.25) is 0 Å². The van der Waals surface area contributed by atoms with Gasteiger partial charge in [0, 0.05) is 10.8 Å². The van der Waals surface area contributed by atoms with Crippen LogP contribution in [0.3, 0.4) is 0 Å². The molecule has 4 heteroatoms. The van der Waals surface area contributed by atoms with E-state index in [-0.39, 0.29) is 12.6 Å². The Balaban J connectivity index is 1.86. The van der Waals surface area contributed by atoms with Crippen LogP contribution >= 0.6 is 0 Å². The molecule has 4 nitrogen and oxygen atoms in total. The van der Waals surface area contributed by atoms with E-state index in [1.54, 1.807) is 0 Å². The van der Waals surface area contributed by atoms with Crippen molar-refractivity contribution >= 4 is 21.8 Å². The molecular formula is C22H16N2O2. The van der Waals surface area contributed by atoms with Crippen LogP contribution in [0.2, 0.25) is 0 Å². The molecule has 1 aromatic heterocycles. The second-order valence-corrected chi connectivity index (χ2v) is 6.36. The van der Waals surface area contributed by atoms with Gasteiger partial charge in [0.05, 0.1) is 17.1 Å². The molecule has 5 rings (SSSR count). The highest BCUT2D eigenvalue weighted by molar-refractivity contribution is 6.13. The molecule has 26 heavy (non-hydrogen) atoms. The number of nitrogens with zero attached hydrogens (tertiary/aromatic N) is 2. The van der Waals surface area contributed by atoms with Gasteiger partial charge in [0.2, 0.25) is 0 Å². The molecule has 0 N–H and O–H groups in total. The Kier molecular flexibility index (Phi) is 3.32. The van der Waals surface area contributed by atoms with E-state index in [9.17, 15) is 0 Å². The Bertz CT molecular complexity index is 1160. The molecule has 4 aromatic rings. The molecule has 1 aliphatic rings. The summed E-state index contributed by atoms with van der Waals surface area (Å²) in [6, 6.07) is 24.7. The Morgan fingerprint density at radius 2 is 1.88 bits per heavy atom. The number of nitriles is 1. The van der Waals surface area contributed by atoms with Gasteiger partial charge in [-0.1, -0.05) is 48.5 Å². The van der Waals surface area contributed by atoms with Crippen molar-refractivity contribution in [2.75, 3.05) is 13.2 Å². The van der Waals surface area contributed by atoms with Crippen LogP contribution in [0.25, 0.3) is 21.8 Å². The number of para-hydroxylation sites is 1. The van der Waals surface area contributed by atoms with Crippen molar-refractivity contribution in [3.05, 3.63) is 72.3 Å². The van der Waals surface area contributed by atoms with Crippen molar-refractivity contribution in [1.29, 1.82) is 5.26 Å². The van der Waals surface area contributed by atoms with Crippen molar-refractivity contribution < 1.29 is 9.47 Å². The standard InChI is InChI=1S/C22H16N2O2/c23-12-13-25-19-10-5-9-17-21(19)16-8-4-11-20-22(16)24(17)18(14-26-20)15-6-2-1-3-7-15/h1-11,18H,13-14H2/t18-/m0/s1. The predicted molar refractivity (Wildman–Crippen MR) is 101 cm³/mol. The molecule has 2 heterocycles. The molecule has 1 atom stereocenters. The highest BCUT2D eigenvalue weighted by Crippen LogP contribution is 2.44. The molecule has 1 aliphatic heterocycles. The third-order valence-corrected chi connectivity index (χ3v) is 4.96. The van der Waals surface area contributed by atoms with Gasteiger partial charge in [0.25, 0.3) is 0 Å². The summed E-state index contributed by atoms with van der Waals surface area (Å²) >= 11 is 0. The van der Waals surface area contributed by atoms with E-state index in [1.165, 1.54) is 5.56 Å². The van der Waals surface area contributed by atoms with E-state index in [0.717, 1.165) is 33.3 Å². The number of benzene rings is 3. The summed E-state index contributed by atoms with van der Waals surface area (Å²) in [5.74, 6) is 1.62. The minimum atomic E-state index is 0.0318. The lowest BCUT2D eigenvalue weighted by molar-refractivity contribution is 0.262. The molecule has 126 valence electrons. The Hall–Kier alpha value is -3.45. The largest absolute Gasteiger partial charge is 0.489 e. The second kappa shape index (κ2) is 5.82. The number of aromatic nitrogens is 1. The smallest absolute Gasteiger partial charge is 0.174 e. The van der Waals surface area contributed by atoms with Crippen molar-refractivity contribution in [3.8, 4) is 17.6 Å². The van der Waals surface area contributed by atoms with Gasteiger partial charge in [-0.05, 0) is 23.8 Å². The quantitative estimate of drug-likeness (QED) is 0.544. The second-order valence-electron chi connectivity index (χ2n) is 6.36. The minimum absolute atomic E-state index is 0.0318. The lowest BCUT2D eigenvalue weighted by Gasteiger charge is -2.27. The number of rotatable bonds is 3. The maximum atomic E-state index is 8.91. The molecule has 0 unspecified atom stereocenters. The summed E-state index contributed by atoms with van der Waals surface area (Å²) < 4.78 is 14.2. The monoisotopic (exact) mass is 340 g/mol. The van der Waals surface area contributed by atoms with Gasteiger partial charge < -0.3 is 14.0 Å². The van der Waals surface area contributed by atoms with Crippen molar-refractivity contribution in [2.45, 2.75) is 6.04 Å². The first-order chi connectivity index (χ1) is 12.9. The van der Waals surface area contributed by atoms with Crippen LogP contribution in [0, 0.1) is 11.3 Å². The molecule has 0 saturated carbocycles. The summed E-state index contributed by atoms with van der Waals surface area (Å²) in [7, 11) is 0. The first-order valence-electron chi connectivity index (χ1n) is 8.61. The van der Waals surface area contributed by atoms with E-state index in [2.05, 4.69) is 47.0 Å². The van der Waals surface area contributed by atoms with Crippen LogP contribution in [0.4, 0.5) is 0 Å². The topological polar surface area (TPSA) is 47.2 Å². The SMILES string of the molecule is N#CCOc1cccc2c1c1cccc3c1n2[C@H](c1ccccc1)CO3. The third-order valence-electron chi connectivity index (χ3n) is 4.96. The minimum Gasteiger partial charge on any atom is -0.489 e. The third kappa shape index (κ3) is 2.07. The average molecular weight is 340 g/mol. The average Bonchev–Trinajstić information content (AvgIpc) is 3.05. The summed E-state index contributed by atoms with van der Waals surface area (Å²) in [5, 5.41) is 11.0. The van der Waals surface area contributed by atoms with Crippen LogP contribution < -0.4 is 9.47 Å². The lowest BCUT2D eigenvalue weighted by atomic mass is 10.1. The normalized spacial score (nSPS) is 15.6. The van der Waals surface area contributed by atoms with Crippen LogP contribution in [0.5, 0.6) is 11.5 Å². The molecule has 0 amide bonds. The van der Waals surface area contributed by atoms with Gasteiger partial charge >= 0.3 is 0 Å². The Labute approximate surface area is 150 Å². The van der Waals surface area contributed by atoms with Crippen molar-refractivity contribution in [2.24, 2.45) is 0 Å². The first kappa shape index (κ1) is 14.9. The fraction of sp³-hybridized carbons (Fsp3) is 0.136. The molecule has 0 saturated heterocycles. The van der Waals surface area contributed by atoms with Crippen LogP contribution in [0.15, 0.2) is 66.7 Å². The lowest BCUT2D eigenvalue weighted by Crippen LogP contribution is -2.22. The molecule has 0 radical (unpaired) electrons. The summed E-state index contributed by atoms with van der Waals surface area (Å²) in [6.45, 7) is 0.618. The Morgan fingerprint density at radius 3 is 2.73 bits per heavy atom. The van der Waals surface area contributed by atoms with E-state index >= 15 is 0 Å². The van der Waals surface area contributed by atoms with Crippen molar-refractivity contribution in [1.82, 2.24) is 4.57 Å².